The number of alkyl halides is 6. The number of halogens is 8. The van der Waals surface area contributed by atoms with Crippen LogP contribution in [0, 0.1) is 0 Å². The molecule has 2 rings (SSSR count). The number of nitrogens with two attached hydrogens (primary N) is 1. The number of benzene rings is 1. The van der Waals surface area contributed by atoms with Gasteiger partial charge in [0.1, 0.15) is 11.5 Å². The van der Waals surface area contributed by atoms with Gasteiger partial charge in [-0.15, -0.1) is 0 Å². The summed E-state index contributed by atoms with van der Waals surface area (Å²) < 4.78 is 70.9. The maximum atomic E-state index is 12.3. The Labute approximate surface area is 270 Å². The van der Waals surface area contributed by atoms with E-state index in [2.05, 4.69) is 47.3 Å². The van der Waals surface area contributed by atoms with Crippen molar-refractivity contribution in [2.75, 3.05) is 19.7 Å². The number of hydrogen-bond donors (Lipinski definition) is 5. The number of nitrogens with zero attached hydrogens (tertiary/aromatic N) is 2. The highest BCUT2D eigenvalue weighted by Gasteiger charge is 2.38. The van der Waals surface area contributed by atoms with Crippen molar-refractivity contribution in [1.82, 2.24) is 10.3 Å². The number of unbranched alkanes of at least 4 members (excludes halogenated alkanes) is 3. The zero-order valence-electron chi connectivity index (χ0n) is 23.3. The number of nitrogens with one attached hydrogen (secondary N) is 1. The molecule has 0 aliphatic rings. The van der Waals surface area contributed by atoms with E-state index in [1.807, 2.05) is 30.3 Å². The molecule has 1 aromatic carbocycles. The first-order chi connectivity index (χ1) is 20.9. The maximum absolute atomic E-state index is 12.3. The highest BCUT2D eigenvalue weighted by atomic mass is 79.9. The van der Waals surface area contributed by atoms with E-state index < -0.39 is 24.3 Å². The molecule has 252 valence electrons. The molecule has 2 aromatic rings. The van der Waals surface area contributed by atoms with Gasteiger partial charge in [0.2, 0.25) is 0 Å². The molecule has 0 saturated heterocycles. The summed E-state index contributed by atoms with van der Waals surface area (Å²) in [6, 6.07) is 9.49. The van der Waals surface area contributed by atoms with Crippen LogP contribution in [0.2, 0.25) is 0 Å². The second-order valence-electron chi connectivity index (χ2n) is 8.60. The van der Waals surface area contributed by atoms with Gasteiger partial charge >= 0.3 is 24.3 Å². The topological polar surface area (TPSA) is 184 Å². The molecule has 0 bridgehead atoms. The molecule has 0 spiro atoms. The molecule has 0 fully saturated rings. The molecule has 1 aromatic heterocycles. The number of carbonyl (C=O) groups is 3. The minimum Gasteiger partial charge on any atom is -0.491 e. The third-order valence-corrected chi connectivity index (χ3v) is 6.22. The van der Waals surface area contributed by atoms with Gasteiger partial charge in [0.15, 0.2) is 0 Å². The average Bonchev–Trinajstić information content (AvgIpc) is 2.95. The van der Waals surface area contributed by atoms with Gasteiger partial charge in [0, 0.05) is 31.3 Å². The molecule has 0 unspecified atom stereocenters. The number of amides is 1. The van der Waals surface area contributed by atoms with Gasteiger partial charge in [-0.1, -0.05) is 24.1 Å². The molecule has 0 radical (unpaired) electrons. The van der Waals surface area contributed by atoms with Crippen LogP contribution in [-0.2, 0) is 27.2 Å². The molecule has 6 N–H and O–H groups in total. The van der Waals surface area contributed by atoms with Crippen LogP contribution in [0.5, 0.6) is 5.75 Å². The Morgan fingerprint density at radius 2 is 1.47 bits per heavy atom. The standard InChI is InChI=1S/C22H28Br2N4O3.2C2HF3O2/c23-18-13-16(15-20(28-30)22(29)27-11-5-2-1-4-9-25)14-19(24)21(18)31-12-8-17-7-3-6-10-26-17;2*3-2(4,5)1(6)7/h3,6-7,10,13-14,30H,1-2,4-5,8-9,11-12,15,25H2,(H,27,29);2*(H,6,7)/b28-20-;;. The summed E-state index contributed by atoms with van der Waals surface area (Å²) in [6.07, 6.45) is -3.61. The van der Waals surface area contributed by atoms with E-state index in [0.717, 1.165) is 45.9 Å². The van der Waals surface area contributed by atoms with Gasteiger partial charge in [-0.05, 0) is 81.1 Å². The maximum Gasteiger partial charge on any atom is 0.490 e. The van der Waals surface area contributed by atoms with Gasteiger partial charge in [0.25, 0.3) is 5.91 Å². The normalized spacial score (nSPS) is 11.4. The highest BCUT2D eigenvalue weighted by molar-refractivity contribution is 9.11. The van der Waals surface area contributed by atoms with Crippen LogP contribution < -0.4 is 15.8 Å². The van der Waals surface area contributed by atoms with Crippen molar-refractivity contribution >= 4 is 55.4 Å². The van der Waals surface area contributed by atoms with Crippen molar-refractivity contribution in [3.8, 4) is 5.75 Å². The van der Waals surface area contributed by atoms with Gasteiger partial charge < -0.3 is 31.2 Å². The third-order valence-electron chi connectivity index (χ3n) is 5.04. The summed E-state index contributed by atoms with van der Waals surface area (Å²) in [6.45, 7) is 1.70. The minimum atomic E-state index is -5.08. The number of aromatic nitrogens is 1. The van der Waals surface area contributed by atoms with Crippen molar-refractivity contribution in [1.29, 1.82) is 0 Å². The molecule has 0 aliphatic heterocycles. The second-order valence-corrected chi connectivity index (χ2v) is 10.3. The minimum absolute atomic E-state index is 0.0598. The van der Waals surface area contributed by atoms with E-state index in [0.29, 0.717) is 31.9 Å². The van der Waals surface area contributed by atoms with E-state index >= 15 is 0 Å². The van der Waals surface area contributed by atoms with Crippen molar-refractivity contribution in [3.63, 3.8) is 0 Å². The SMILES string of the molecule is NCCCCCCNC(=O)/C(Cc1cc(Br)c(OCCc2ccccn2)c(Br)c1)=N\O.O=C(O)C(F)(F)F.O=C(O)C(F)(F)F. The van der Waals surface area contributed by atoms with Crippen molar-refractivity contribution < 1.29 is 60.9 Å². The molecule has 1 heterocycles. The van der Waals surface area contributed by atoms with Crippen LogP contribution >= 0.6 is 31.9 Å². The highest BCUT2D eigenvalue weighted by Crippen LogP contribution is 2.35. The molecule has 0 aliphatic carbocycles. The first-order valence-corrected chi connectivity index (χ1v) is 14.3. The van der Waals surface area contributed by atoms with E-state index in [1.165, 1.54) is 0 Å². The Hall–Kier alpha value is -3.45. The number of oxime groups is 1. The fourth-order valence-electron chi connectivity index (χ4n) is 2.94. The van der Waals surface area contributed by atoms with Crippen LogP contribution in [0.15, 0.2) is 50.6 Å². The lowest BCUT2D eigenvalue weighted by atomic mass is 10.1. The van der Waals surface area contributed by atoms with Gasteiger partial charge in [-0.25, -0.2) is 9.59 Å². The molecule has 11 nitrogen and oxygen atoms in total. The summed E-state index contributed by atoms with van der Waals surface area (Å²) in [5.74, 6) is -5.21. The Morgan fingerprint density at radius 3 is 1.91 bits per heavy atom. The van der Waals surface area contributed by atoms with Gasteiger partial charge in [0.05, 0.1) is 15.6 Å². The predicted molar refractivity (Wildman–Crippen MR) is 156 cm³/mol. The molecular weight excluding hydrogens is 754 g/mol. The summed E-state index contributed by atoms with van der Waals surface area (Å²) in [5, 5.41) is 29.6. The van der Waals surface area contributed by atoms with Crippen molar-refractivity contribution in [2.45, 2.75) is 50.9 Å². The first kappa shape index (κ1) is 41.5. The molecule has 19 heteroatoms. The number of aliphatic carboxylic acids is 2. The summed E-state index contributed by atoms with van der Waals surface area (Å²) >= 11 is 7.05. The first-order valence-electron chi connectivity index (χ1n) is 12.7. The van der Waals surface area contributed by atoms with E-state index in [1.54, 1.807) is 6.20 Å². The zero-order chi connectivity index (χ0) is 34.6. The van der Waals surface area contributed by atoms with Crippen LogP contribution in [0.4, 0.5) is 26.3 Å². The molecular formula is C26H30Br2F6N4O7. The lowest BCUT2D eigenvalue weighted by molar-refractivity contribution is -0.193. The Bertz CT molecular complexity index is 1200. The molecule has 45 heavy (non-hydrogen) atoms. The van der Waals surface area contributed by atoms with E-state index in [4.69, 9.17) is 30.3 Å². The second kappa shape index (κ2) is 21.3. The Kier molecular flexibility index (Phi) is 19.7. The monoisotopic (exact) mass is 782 g/mol. The number of carboxylic acid groups (broad SMARTS) is 2. The number of ether oxygens (including phenoxy) is 1. The molecule has 0 saturated carbocycles. The molecule has 0 atom stereocenters. The summed E-state index contributed by atoms with van der Waals surface area (Å²) in [7, 11) is 0. The Morgan fingerprint density at radius 1 is 0.933 bits per heavy atom. The number of rotatable bonds is 13. The quantitative estimate of drug-likeness (QED) is 0.0576. The van der Waals surface area contributed by atoms with Crippen LogP contribution in [0.3, 0.4) is 0 Å². The largest absolute Gasteiger partial charge is 0.491 e. The van der Waals surface area contributed by atoms with Crippen molar-refractivity contribution in [2.24, 2.45) is 10.9 Å². The van der Waals surface area contributed by atoms with E-state index in [9.17, 15) is 36.3 Å². The smallest absolute Gasteiger partial charge is 0.490 e. The fourth-order valence-corrected chi connectivity index (χ4v) is 4.45. The predicted octanol–water partition coefficient (Wildman–Crippen LogP) is 5.50. The van der Waals surface area contributed by atoms with Gasteiger partial charge in [-0.3, -0.25) is 9.78 Å². The molecule has 1 amide bonds. The fraction of sp³-hybridized carbons (Fsp3) is 0.423. The zero-order valence-corrected chi connectivity index (χ0v) is 26.5. The van der Waals surface area contributed by atoms with Crippen LogP contribution in [-0.4, -0.2) is 76.0 Å². The number of pyridine rings is 1. The van der Waals surface area contributed by atoms with Crippen molar-refractivity contribution in [3.05, 3.63) is 56.7 Å². The lowest BCUT2D eigenvalue weighted by Crippen LogP contribution is -2.33. The lowest BCUT2D eigenvalue weighted by Gasteiger charge is -2.13. The number of carbonyl (C=O) groups excluding carboxylic acids is 1. The average molecular weight is 784 g/mol. The summed E-state index contributed by atoms with van der Waals surface area (Å²) in [4.78, 5) is 34.4. The summed E-state index contributed by atoms with van der Waals surface area (Å²) in [5.41, 5.74) is 7.30. The Balaban J connectivity index is 0.00000114. The number of carboxylic acids is 2. The third kappa shape index (κ3) is 18.8. The van der Waals surface area contributed by atoms with Crippen LogP contribution in [0.25, 0.3) is 0 Å². The number of hydrogen-bond acceptors (Lipinski definition) is 8. The van der Waals surface area contributed by atoms with E-state index in [-0.39, 0.29) is 18.0 Å². The van der Waals surface area contributed by atoms with Gasteiger partial charge in [-0.2, -0.15) is 26.3 Å². The van der Waals surface area contributed by atoms with Crippen LogP contribution in [0.1, 0.15) is 36.9 Å².